The summed E-state index contributed by atoms with van der Waals surface area (Å²) in [5, 5.41) is 9.74. The van der Waals surface area contributed by atoms with Crippen molar-refractivity contribution in [2.75, 3.05) is 0 Å². The van der Waals surface area contributed by atoms with E-state index in [-0.39, 0.29) is 18.4 Å². The Bertz CT molecular complexity index is 1330. The molecule has 1 aliphatic rings. The number of amides is 2. The minimum Gasteiger partial charge on any atom is -0.350 e. The molecule has 2 amide bonds. The molecule has 0 spiro atoms. The first-order valence-electron chi connectivity index (χ1n) is 11.3. The zero-order valence-electron chi connectivity index (χ0n) is 19.2. The molecule has 6 nitrogen and oxygen atoms in total. The zero-order valence-corrected chi connectivity index (χ0v) is 20.0. The number of hydrogen-bond acceptors (Lipinski definition) is 4. The van der Waals surface area contributed by atoms with Crippen molar-refractivity contribution in [3.8, 4) is 10.6 Å². The van der Waals surface area contributed by atoms with Crippen LogP contribution in [-0.4, -0.2) is 32.0 Å². The van der Waals surface area contributed by atoms with Gasteiger partial charge < -0.3 is 10.2 Å². The van der Waals surface area contributed by atoms with Gasteiger partial charge in [0, 0.05) is 13.1 Å². The molecule has 0 saturated heterocycles. The summed E-state index contributed by atoms with van der Waals surface area (Å²) in [6.45, 7) is 4.88. The Balaban J connectivity index is 1.51. The number of aryl methyl sites for hydroxylation is 1. The van der Waals surface area contributed by atoms with Gasteiger partial charge in [-0.15, -0.1) is 11.3 Å². The van der Waals surface area contributed by atoms with E-state index in [1.54, 1.807) is 20.9 Å². The molecule has 4 aromatic rings. The van der Waals surface area contributed by atoms with Crippen LogP contribution in [0.15, 0.2) is 78.2 Å². The van der Waals surface area contributed by atoms with Gasteiger partial charge in [-0.25, -0.2) is 0 Å². The van der Waals surface area contributed by atoms with Crippen molar-refractivity contribution >= 4 is 23.2 Å². The summed E-state index contributed by atoms with van der Waals surface area (Å²) in [4.78, 5) is 30.1. The molecule has 3 heterocycles. The van der Waals surface area contributed by atoms with E-state index in [9.17, 15) is 9.59 Å². The zero-order chi connectivity index (χ0) is 23.7. The van der Waals surface area contributed by atoms with Gasteiger partial charge in [0.1, 0.15) is 16.9 Å². The maximum atomic E-state index is 13.8. The van der Waals surface area contributed by atoms with E-state index in [0.717, 1.165) is 27.3 Å². The van der Waals surface area contributed by atoms with Gasteiger partial charge >= 0.3 is 0 Å². The van der Waals surface area contributed by atoms with Gasteiger partial charge in [-0.2, -0.15) is 5.10 Å². The number of rotatable bonds is 6. The van der Waals surface area contributed by atoms with Crippen molar-refractivity contribution in [3.63, 3.8) is 0 Å². The van der Waals surface area contributed by atoms with E-state index in [0.29, 0.717) is 18.8 Å². The summed E-state index contributed by atoms with van der Waals surface area (Å²) in [6.07, 6.45) is 0. The number of thiophene rings is 1. The van der Waals surface area contributed by atoms with Crippen molar-refractivity contribution in [2.45, 2.75) is 39.0 Å². The van der Waals surface area contributed by atoms with Gasteiger partial charge in [-0.05, 0) is 48.1 Å². The average molecular weight is 471 g/mol. The molecule has 0 radical (unpaired) electrons. The Labute approximate surface area is 202 Å². The predicted octanol–water partition coefficient (Wildman–Crippen LogP) is 4.65. The van der Waals surface area contributed by atoms with Crippen LogP contribution in [0.25, 0.3) is 10.6 Å². The second kappa shape index (κ2) is 8.91. The lowest BCUT2D eigenvalue weighted by molar-refractivity contribution is -0.133. The monoisotopic (exact) mass is 470 g/mol. The first-order valence-corrected chi connectivity index (χ1v) is 12.1. The molecule has 34 heavy (non-hydrogen) atoms. The van der Waals surface area contributed by atoms with E-state index in [2.05, 4.69) is 5.32 Å². The number of nitrogens with zero attached hydrogens (tertiary/aromatic N) is 3. The van der Waals surface area contributed by atoms with Crippen LogP contribution in [0.4, 0.5) is 0 Å². The van der Waals surface area contributed by atoms with Crippen LogP contribution in [0, 0.1) is 6.92 Å². The molecule has 0 aliphatic carbocycles. The molecule has 2 aromatic carbocycles. The fourth-order valence-corrected chi connectivity index (χ4v) is 5.04. The third-order valence-electron chi connectivity index (χ3n) is 6.45. The van der Waals surface area contributed by atoms with E-state index < -0.39 is 5.54 Å². The lowest BCUT2D eigenvalue weighted by Crippen LogP contribution is -2.63. The van der Waals surface area contributed by atoms with Gasteiger partial charge in [0.25, 0.3) is 5.91 Å². The molecule has 0 unspecified atom stereocenters. The quantitative estimate of drug-likeness (QED) is 0.446. The van der Waals surface area contributed by atoms with Crippen LogP contribution in [0.5, 0.6) is 0 Å². The fourth-order valence-electron chi connectivity index (χ4n) is 4.36. The Morgan fingerprint density at radius 1 is 1.09 bits per heavy atom. The molecule has 0 saturated carbocycles. The van der Waals surface area contributed by atoms with Crippen LogP contribution in [0.2, 0.25) is 0 Å². The predicted molar refractivity (Wildman–Crippen MR) is 133 cm³/mol. The standard InChI is InChI=1S/C27H26N4O2S/c1-19-9-6-7-12-21(19)17-30-25(32)23-15-22(24-13-8-14-34-24)29-31(23)18-27(30,2)26(33)28-16-20-10-4-3-5-11-20/h3-15H,16-18H2,1-2H3,(H,28,33)/t27-/m1/s1. The van der Waals surface area contributed by atoms with Crippen molar-refractivity contribution in [2.24, 2.45) is 0 Å². The van der Waals surface area contributed by atoms with Crippen LogP contribution in [0.1, 0.15) is 34.1 Å². The highest BCUT2D eigenvalue weighted by atomic mass is 32.1. The molecular formula is C27H26N4O2S. The number of nitrogens with one attached hydrogen (secondary N) is 1. The second-order valence-corrected chi connectivity index (χ2v) is 9.76. The SMILES string of the molecule is Cc1ccccc1CN1C(=O)c2cc(-c3cccs3)nn2C[C@]1(C)C(=O)NCc1ccccc1. The van der Waals surface area contributed by atoms with Gasteiger partial charge in [-0.1, -0.05) is 60.7 Å². The first-order chi connectivity index (χ1) is 16.5. The molecular weight excluding hydrogens is 444 g/mol. The maximum Gasteiger partial charge on any atom is 0.273 e. The smallest absolute Gasteiger partial charge is 0.273 e. The minimum absolute atomic E-state index is 0.192. The highest BCUT2D eigenvalue weighted by Crippen LogP contribution is 2.33. The van der Waals surface area contributed by atoms with Gasteiger partial charge in [0.2, 0.25) is 5.91 Å². The number of aromatic nitrogens is 2. The van der Waals surface area contributed by atoms with Crippen molar-refractivity contribution in [1.29, 1.82) is 0 Å². The summed E-state index contributed by atoms with van der Waals surface area (Å²) in [7, 11) is 0. The third kappa shape index (κ3) is 4.03. The molecule has 1 aliphatic heterocycles. The highest BCUT2D eigenvalue weighted by Gasteiger charge is 2.48. The third-order valence-corrected chi connectivity index (χ3v) is 7.34. The number of hydrogen-bond donors (Lipinski definition) is 1. The van der Waals surface area contributed by atoms with Gasteiger partial charge in [-0.3, -0.25) is 14.3 Å². The molecule has 0 bridgehead atoms. The van der Waals surface area contributed by atoms with Crippen LogP contribution in [0.3, 0.4) is 0 Å². The first kappa shape index (κ1) is 22.1. The Morgan fingerprint density at radius 3 is 2.59 bits per heavy atom. The molecule has 5 rings (SSSR count). The van der Waals surface area contributed by atoms with E-state index in [1.165, 1.54) is 0 Å². The second-order valence-electron chi connectivity index (χ2n) is 8.81. The number of benzene rings is 2. The van der Waals surface area contributed by atoms with E-state index in [4.69, 9.17) is 5.10 Å². The molecule has 7 heteroatoms. The van der Waals surface area contributed by atoms with Crippen molar-refractivity contribution < 1.29 is 9.59 Å². The van der Waals surface area contributed by atoms with Crippen LogP contribution in [-0.2, 0) is 24.4 Å². The largest absolute Gasteiger partial charge is 0.350 e. The van der Waals surface area contributed by atoms with Crippen LogP contribution < -0.4 is 5.32 Å². The maximum absolute atomic E-state index is 13.8. The summed E-state index contributed by atoms with van der Waals surface area (Å²) >= 11 is 1.58. The topological polar surface area (TPSA) is 67.2 Å². The normalized spacial score (nSPS) is 17.5. The number of fused-ring (bicyclic) bond motifs is 1. The molecule has 1 N–H and O–H groups in total. The minimum atomic E-state index is -1.10. The number of carbonyl (C=O) groups is 2. The lowest BCUT2D eigenvalue weighted by atomic mass is 9.93. The van der Waals surface area contributed by atoms with Crippen molar-refractivity contribution in [1.82, 2.24) is 20.0 Å². The van der Waals surface area contributed by atoms with Crippen LogP contribution >= 0.6 is 11.3 Å². The Hall–Kier alpha value is -3.71. The Kier molecular flexibility index (Phi) is 5.79. The number of carbonyl (C=O) groups excluding carboxylic acids is 2. The highest BCUT2D eigenvalue weighted by molar-refractivity contribution is 7.13. The molecule has 2 aromatic heterocycles. The molecule has 172 valence electrons. The van der Waals surface area contributed by atoms with E-state index in [1.807, 2.05) is 92.0 Å². The van der Waals surface area contributed by atoms with Gasteiger partial charge in [0.15, 0.2) is 0 Å². The van der Waals surface area contributed by atoms with E-state index >= 15 is 0 Å². The fraction of sp³-hybridized carbons (Fsp3) is 0.222. The molecule has 1 atom stereocenters. The summed E-state index contributed by atoms with van der Waals surface area (Å²) in [5.41, 5.74) is 3.27. The van der Waals surface area contributed by atoms with Gasteiger partial charge in [0.05, 0.1) is 11.4 Å². The average Bonchev–Trinajstić information content (AvgIpc) is 3.52. The lowest BCUT2D eigenvalue weighted by Gasteiger charge is -2.43. The summed E-state index contributed by atoms with van der Waals surface area (Å²) < 4.78 is 1.69. The summed E-state index contributed by atoms with van der Waals surface area (Å²) in [6, 6.07) is 23.5. The Morgan fingerprint density at radius 2 is 1.85 bits per heavy atom. The van der Waals surface area contributed by atoms with Crippen molar-refractivity contribution in [3.05, 3.63) is 101 Å². The summed E-state index contributed by atoms with van der Waals surface area (Å²) in [5.74, 6) is -0.390. The molecule has 0 fully saturated rings.